The lowest BCUT2D eigenvalue weighted by molar-refractivity contribution is -0.0190. The van der Waals surface area contributed by atoms with Gasteiger partial charge in [0, 0.05) is 18.6 Å². The molecule has 0 saturated carbocycles. The zero-order valence-electron chi connectivity index (χ0n) is 10.00. The van der Waals surface area contributed by atoms with E-state index >= 15 is 0 Å². The predicted molar refractivity (Wildman–Crippen MR) is 78.7 cm³/mol. The van der Waals surface area contributed by atoms with E-state index in [9.17, 15) is 5.11 Å². The van der Waals surface area contributed by atoms with E-state index in [1.165, 1.54) is 18.2 Å². The number of benzene rings is 1. The van der Waals surface area contributed by atoms with Crippen molar-refractivity contribution in [3.63, 3.8) is 0 Å². The number of hydrogen-bond acceptors (Lipinski definition) is 3. The van der Waals surface area contributed by atoms with Crippen molar-refractivity contribution >= 4 is 46.4 Å². The molecule has 0 heterocycles. The van der Waals surface area contributed by atoms with Crippen LogP contribution >= 0.6 is 46.4 Å². The summed E-state index contributed by atoms with van der Waals surface area (Å²) in [5, 5.41) is 9.92. The molecule has 1 N–H and O–H groups in total. The summed E-state index contributed by atoms with van der Waals surface area (Å²) in [6.07, 6.45) is 0.944. The molecule has 19 heavy (non-hydrogen) atoms. The van der Waals surface area contributed by atoms with Crippen molar-refractivity contribution in [2.45, 2.75) is 19.6 Å². The SMILES string of the molecule is CCC(O)Oc1c(Cl)cc(OCC=C(Cl)Cl)cc1Cl. The van der Waals surface area contributed by atoms with Crippen LogP contribution in [0.15, 0.2) is 22.7 Å². The summed E-state index contributed by atoms with van der Waals surface area (Å²) in [7, 11) is 0. The summed E-state index contributed by atoms with van der Waals surface area (Å²) in [4.78, 5) is 0. The van der Waals surface area contributed by atoms with Crippen LogP contribution in [0.5, 0.6) is 11.5 Å². The first kappa shape index (κ1) is 16.7. The number of aliphatic hydroxyl groups is 1. The van der Waals surface area contributed by atoms with Gasteiger partial charge in [0.1, 0.15) is 16.8 Å². The highest BCUT2D eigenvalue weighted by atomic mass is 35.5. The molecule has 0 radical (unpaired) electrons. The minimum absolute atomic E-state index is 0.114. The second-order valence-corrected chi connectivity index (χ2v) is 5.32. The maximum absolute atomic E-state index is 9.42. The predicted octanol–water partition coefficient (Wildman–Crippen LogP) is 4.80. The Balaban J connectivity index is 2.81. The molecule has 0 bridgehead atoms. The highest BCUT2D eigenvalue weighted by molar-refractivity contribution is 6.55. The van der Waals surface area contributed by atoms with Gasteiger partial charge in [0.15, 0.2) is 12.0 Å². The average molecular weight is 346 g/mol. The molecule has 0 aliphatic rings. The Morgan fingerprint density at radius 3 is 2.37 bits per heavy atom. The lowest BCUT2D eigenvalue weighted by Gasteiger charge is -2.15. The third-order valence-corrected chi connectivity index (χ3v) is 2.93. The van der Waals surface area contributed by atoms with Crippen molar-refractivity contribution in [3.05, 3.63) is 32.7 Å². The first-order chi connectivity index (χ1) is 8.93. The average Bonchev–Trinajstić information content (AvgIpc) is 2.33. The van der Waals surface area contributed by atoms with Crippen molar-refractivity contribution in [2.24, 2.45) is 0 Å². The lowest BCUT2D eigenvalue weighted by Crippen LogP contribution is -2.14. The van der Waals surface area contributed by atoms with E-state index in [2.05, 4.69) is 0 Å². The van der Waals surface area contributed by atoms with E-state index in [1.807, 2.05) is 0 Å². The van der Waals surface area contributed by atoms with Crippen LogP contribution in [0.25, 0.3) is 0 Å². The van der Waals surface area contributed by atoms with Crippen molar-refractivity contribution in [1.29, 1.82) is 0 Å². The molecule has 1 rings (SSSR count). The lowest BCUT2D eigenvalue weighted by atomic mass is 10.3. The van der Waals surface area contributed by atoms with Crippen molar-refractivity contribution < 1.29 is 14.6 Å². The van der Waals surface area contributed by atoms with Gasteiger partial charge in [-0.25, -0.2) is 0 Å². The molecule has 0 fully saturated rings. The van der Waals surface area contributed by atoms with Gasteiger partial charge in [0.25, 0.3) is 0 Å². The van der Waals surface area contributed by atoms with E-state index in [0.717, 1.165) is 0 Å². The second-order valence-electron chi connectivity index (χ2n) is 3.50. The van der Waals surface area contributed by atoms with E-state index in [0.29, 0.717) is 12.2 Å². The number of rotatable bonds is 6. The van der Waals surface area contributed by atoms with Crippen molar-refractivity contribution in [2.75, 3.05) is 6.61 Å². The Kier molecular flexibility index (Phi) is 7.11. The fourth-order valence-electron chi connectivity index (χ4n) is 1.15. The molecule has 7 heteroatoms. The molecule has 0 amide bonds. The molecule has 3 nitrogen and oxygen atoms in total. The number of aliphatic hydroxyl groups excluding tert-OH is 1. The van der Waals surface area contributed by atoms with Crippen LogP contribution in [-0.4, -0.2) is 18.0 Å². The second kappa shape index (κ2) is 8.08. The van der Waals surface area contributed by atoms with Crippen molar-refractivity contribution in [1.82, 2.24) is 0 Å². The maximum Gasteiger partial charge on any atom is 0.197 e. The minimum atomic E-state index is -0.959. The zero-order valence-corrected chi connectivity index (χ0v) is 13.0. The molecule has 0 saturated heterocycles. The van der Waals surface area contributed by atoms with E-state index in [-0.39, 0.29) is 26.9 Å². The molecule has 1 aromatic rings. The number of hydrogen-bond donors (Lipinski definition) is 1. The van der Waals surface area contributed by atoms with E-state index < -0.39 is 6.29 Å². The summed E-state index contributed by atoms with van der Waals surface area (Å²) < 4.78 is 10.7. The van der Waals surface area contributed by atoms with Crippen LogP contribution in [0.1, 0.15) is 13.3 Å². The normalized spacial score (nSPS) is 11.9. The van der Waals surface area contributed by atoms with Crippen LogP contribution in [0, 0.1) is 0 Å². The molecule has 0 spiro atoms. The summed E-state index contributed by atoms with van der Waals surface area (Å²) in [6, 6.07) is 3.06. The standard InChI is InChI=1S/C12H12Cl4O3/c1-2-11(17)19-12-8(13)5-7(6-9(12)14)18-4-3-10(15)16/h3,5-6,11,17H,2,4H2,1H3. The van der Waals surface area contributed by atoms with Crippen molar-refractivity contribution in [3.8, 4) is 11.5 Å². The monoisotopic (exact) mass is 344 g/mol. The molecule has 1 atom stereocenters. The topological polar surface area (TPSA) is 38.7 Å². The third kappa shape index (κ3) is 5.67. The first-order valence-electron chi connectivity index (χ1n) is 5.41. The van der Waals surface area contributed by atoms with Gasteiger partial charge in [-0.2, -0.15) is 0 Å². The fourth-order valence-corrected chi connectivity index (χ4v) is 1.83. The quantitative estimate of drug-likeness (QED) is 0.752. The Hall–Kier alpha value is -0.320. The van der Waals surface area contributed by atoms with Crippen LogP contribution < -0.4 is 9.47 Å². The van der Waals surface area contributed by atoms with Crippen LogP contribution in [0.4, 0.5) is 0 Å². The zero-order chi connectivity index (χ0) is 14.4. The highest BCUT2D eigenvalue weighted by Gasteiger charge is 2.13. The molecule has 106 valence electrons. The first-order valence-corrected chi connectivity index (χ1v) is 6.93. The summed E-state index contributed by atoms with van der Waals surface area (Å²) in [6.45, 7) is 1.96. The molecular formula is C12H12Cl4O3. The van der Waals surface area contributed by atoms with Gasteiger partial charge in [-0.3, -0.25) is 0 Å². The van der Waals surface area contributed by atoms with Gasteiger partial charge in [-0.15, -0.1) is 0 Å². The van der Waals surface area contributed by atoms with Gasteiger partial charge in [-0.05, 0) is 6.08 Å². The summed E-state index contributed by atoms with van der Waals surface area (Å²) in [5.74, 6) is 0.662. The van der Waals surface area contributed by atoms with E-state index in [4.69, 9.17) is 55.9 Å². The number of halogens is 4. The van der Waals surface area contributed by atoms with Gasteiger partial charge in [0.2, 0.25) is 0 Å². The molecule has 0 aromatic heterocycles. The Bertz CT molecular complexity index is 435. The largest absolute Gasteiger partial charge is 0.489 e. The maximum atomic E-state index is 9.42. The molecule has 1 aromatic carbocycles. The van der Waals surface area contributed by atoms with Crippen LogP contribution in [-0.2, 0) is 0 Å². The van der Waals surface area contributed by atoms with Crippen LogP contribution in [0.2, 0.25) is 10.0 Å². The summed E-state index contributed by atoms with van der Waals surface area (Å²) in [5.41, 5.74) is 0. The molecule has 0 aliphatic heterocycles. The van der Waals surface area contributed by atoms with E-state index in [1.54, 1.807) is 6.92 Å². The molecular weight excluding hydrogens is 334 g/mol. The number of ether oxygens (including phenoxy) is 2. The molecule has 0 aliphatic carbocycles. The Morgan fingerprint density at radius 2 is 1.89 bits per heavy atom. The van der Waals surface area contributed by atoms with Gasteiger partial charge >= 0.3 is 0 Å². The smallest absolute Gasteiger partial charge is 0.197 e. The van der Waals surface area contributed by atoms with Gasteiger partial charge < -0.3 is 14.6 Å². The third-order valence-electron chi connectivity index (χ3n) is 2.06. The Labute approximate surface area is 131 Å². The fraction of sp³-hybridized carbons (Fsp3) is 0.333. The van der Waals surface area contributed by atoms with Gasteiger partial charge in [0.05, 0.1) is 10.0 Å². The Morgan fingerprint density at radius 1 is 1.32 bits per heavy atom. The highest BCUT2D eigenvalue weighted by Crippen LogP contribution is 2.37. The molecule has 1 unspecified atom stereocenters. The van der Waals surface area contributed by atoms with Gasteiger partial charge in [-0.1, -0.05) is 53.3 Å². The minimum Gasteiger partial charge on any atom is -0.489 e. The summed E-state index contributed by atoms with van der Waals surface area (Å²) >= 11 is 22.9. The van der Waals surface area contributed by atoms with Crippen LogP contribution in [0.3, 0.4) is 0 Å².